The van der Waals surface area contributed by atoms with Crippen molar-refractivity contribution in [2.45, 2.75) is 6.61 Å². The van der Waals surface area contributed by atoms with E-state index in [1.54, 1.807) is 41.2 Å². The molecule has 0 aliphatic carbocycles. The molecule has 2 heterocycles. The van der Waals surface area contributed by atoms with Crippen LogP contribution >= 0.6 is 11.6 Å². The zero-order chi connectivity index (χ0) is 19.7. The molecule has 142 valence electrons. The molecule has 0 radical (unpaired) electrons. The maximum atomic E-state index is 12.1. The number of rotatable bonds is 5. The van der Waals surface area contributed by atoms with E-state index in [1.165, 1.54) is 13.1 Å². The van der Waals surface area contributed by atoms with Crippen LogP contribution in [-0.4, -0.2) is 34.7 Å². The summed E-state index contributed by atoms with van der Waals surface area (Å²) >= 11 is 5.90. The van der Waals surface area contributed by atoms with E-state index in [4.69, 9.17) is 16.3 Å². The van der Waals surface area contributed by atoms with Gasteiger partial charge in [-0.15, -0.1) is 5.10 Å². The highest BCUT2D eigenvalue weighted by Gasteiger charge is 2.15. The van der Waals surface area contributed by atoms with Crippen LogP contribution in [0.2, 0.25) is 5.02 Å². The zero-order valence-electron chi connectivity index (χ0n) is 14.7. The molecule has 9 nitrogen and oxygen atoms in total. The molecule has 0 aliphatic heterocycles. The Balaban J connectivity index is 1.58. The SMILES string of the molecule is Cn1nnn(-c2cccc(O)c2COc2ccn(-c3ccc(Cl)cc3)n2)c1=O. The molecule has 0 saturated heterocycles. The maximum Gasteiger partial charge on any atom is 0.368 e. The third-order valence-corrected chi connectivity index (χ3v) is 4.35. The van der Waals surface area contributed by atoms with Gasteiger partial charge in [-0.1, -0.05) is 17.7 Å². The van der Waals surface area contributed by atoms with Crippen molar-refractivity contribution in [1.82, 2.24) is 29.6 Å². The lowest BCUT2D eigenvalue weighted by Crippen LogP contribution is -2.23. The van der Waals surface area contributed by atoms with Gasteiger partial charge in [0, 0.05) is 24.3 Å². The Labute approximate surface area is 164 Å². The van der Waals surface area contributed by atoms with Crippen LogP contribution in [0, 0.1) is 0 Å². The summed E-state index contributed by atoms with van der Waals surface area (Å²) in [5.74, 6) is 0.336. The molecule has 4 rings (SSSR count). The van der Waals surface area contributed by atoms with Gasteiger partial charge in [0.25, 0.3) is 0 Å². The summed E-state index contributed by atoms with van der Waals surface area (Å²) in [5.41, 5.74) is 1.17. The quantitative estimate of drug-likeness (QED) is 0.552. The Morgan fingerprint density at radius 1 is 1.11 bits per heavy atom. The molecular weight excluding hydrogens is 384 g/mol. The van der Waals surface area contributed by atoms with E-state index in [2.05, 4.69) is 15.5 Å². The standard InChI is InChI=1S/C18H15ClN6O3/c1-23-18(27)25(22-21-23)15-3-2-4-16(26)14(15)11-28-17-9-10-24(20-17)13-7-5-12(19)6-8-13/h2-10,26H,11H2,1H3. The summed E-state index contributed by atoms with van der Waals surface area (Å²) in [5, 5.41) is 22.7. The summed E-state index contributed by atoms with van der Waals surface area (Å²) < 4.78 is 9.56. The van der Waals surface area contributed by atoms with Crippen molar-refractivity contribution in [1.29, 1.82) is 0 Å². The van der Waals surface area contributed by atoms with Gasteiger partial charge in [0.2, 0.25) is 5.88 Å². The van der Waals surface area contributed by atoms with Crippen molar-refractivity contribution in [3.63, 3.8) is 0 Å². The fraction of sp³-hybridized carbons (Fsp3) is 0.111. The summed E-state index contributed by atoms with van der Waals surface area (Å²) in [6.45, 7) is -0.0113. The predicted octanol–water partition coefficient (Wildman–Crippen LogP) is 2.09. The smallest absolute Gasteiger partial charge is 0.368 e. The number of hydrogen-bond donors (Lipinski definition) is 1. The lowest BCUT2D eigenvalue weighted by molar-refractivity contribution is 0.285. The molecule has 2 aromatic heterocycles. The number of tetrazole rings is 1. The number of hydrogen-bond acceptors (Lipinski definition) is 6. The molecule has 1 N–H and O–H groups in total. The molecule has 0 amide bonds. The van der Waals surface area contributed by atoms with Crippen molar-refractivity contribution in [2.24, 2.45) is 7.05 Å². The van der Waals surface area contributed by atoms with E-state index in [0.29, 0.717) is 22.2 Å². The summed E-state index contributed by atoms with van der Waals surface area (Å²) in [6.07, 6.45) is 1.75. The van der Waals surface area contributed by atoms with Gasteiger partial charge in [-0.2, -0.15) is 9.36 Å². The predicted molar refractivity (Wildman–Crippen MR) is 101 cm³/mol. The minimum atomic E-state index is -0.432. The number of phenolic OH excluding ortho intramolecular Hbond substituents is 1. The van der Waals surface area contributed by atoms with Crippen molar-refractivity contribution < 1.29 is 9.84 Å². The molecule has 0 aliphatic rings. The van der Waals surface area contributed by atoms with E-state index >= 15 is 0 Å². The van der Waals surface area contributed by atoms with Crippen LogP contribution in [0.4, 0.5) is 0 Å². The van der Waals surface area contributed by atoms with Crippen LogP contribution in [0.3, 0.4) is 0 Å². The highest BCUT2D eigenvalue weighted by atomic mass is 35.5. The van der Waals surface area contributed by atoms with E-state index in [-0.39, 0.29) is 12.4 Å². The number of aryl methyl sites for hydroxylation is 1. The second-order valence-electron chi connectivity index (χ2n) is 5.94. The molecule has 0 spiro atoms. The van der Waals surface area contributed by atoms with E-state index in [0.717, 1.165) is 15.1 Å². The van der Waals surface area contributed by atoms with Gasteiger partial charge in [-0.05, 0) is 46.8 Å². The van der Waals surface area contributed by atoms with Crippen LogP contribution in [-0.2, 0) is 13.7 Å². The summed E-state index contributed by atoms with van der Waals surface area (Å²) in [4.78, 5) is 12.1. The van der Waals surface area contributed by atoms with E-state index in [9.17, 15) is 9.90 Å². The van der Waals surface area contributed by atoms with Crippen molar-refractivity contribution in [3.05, 3.63) is 75.8 Å². The monoisotopic (exact) mass is 398 g/mol. The fourth-order valence-corrected chi connectivity index (χ4v) is 2.77. The lowest BCUT2D eigenvalue weighted by atomic mass is 10.1. The van der Waals surface area contributed by atoms with Crippen molar-refractivity contribution in [2.75, 3.05) is 0 Å². The molecule has 10 heteroatoms. The van der Waals surface area contributed by atoms with Gasteiger partial charge < -0.3 is 9.84 Å². The number of phenols is 1. The molecule has 2 aromatic carbocycles. The lowest BCUT2D eigenvalue weighted by Gasteiger charge is -2.10. The van der Waals surface area contributed by atoms with Crippen LogP contribution < -0.4 is 10.4 Å². The van der Waals surface area contributed by atoms with Crippen molar-refractivity contribution in [3.8, 4) is 23.0 Å². The molecule has 0 atom stereocenters. The first-order valence-corrected chi connectivity index (χ1v) is 8.65. The van der Waals surface area contributed by atoms with Gasteiger partial charge in [0.15, 0.2) is 0 Å². The Morgan fingerprint density at radius 3 is 2.61 bits per heavy atom. The first-order valence-electron chi connectivity index (χ1n) is 8.27. The first-order chi connectivity index (χ1) is 13.5. The average Bonchev–Trinajstić information content (AvgIpc) is 3.29. The third-order valence-electron chi connectivity index (χ3n) is 4.10. The molecular formula is C18H15ClN6O3. The largest absolute Gasteiger partial charge is 0.507 e. The van der Waals surface area contributed by atoms with Gasteiger partial charge in [0.05, 0.1) is 16.9 Å². The first kappa shape index (κ1) is 17.8. The minimum Gasteiger partial charge on any atom is -0.507 e. The van der Waals surface area contributed by atoms with Crippen LogP contribution in [0.15, 0.2) is 59.5 Å². The van der Waals surface area contributed by atoms with Crippen LogP contribution in [0.25, 0.3) is 11.4 Å². The van der Waals surface area contributed by atoms with Gasteiger partial charge >= 0.3 is 5.69 Å². The van der Waals surface area contributed by atoms with E-state index < -0.39 is 5.69 Å². The maximum absolute atomic E-state index is 12.1. The number of benzene rings is 2. The normalized spacial score (nSPS) is 10.9. The number of aromatic nitrogens is 6. The number of aromatic hydroxyl groups is 1. The molecule has 4 aromatic rings. The summed E-state index contributed by atoms with van der Waals surface area (Å²) in [7, 11) is 1.49. The topological polar surface area (TPSA) is 100.0 Å². The van der Waals surface area contributed by atoms with Crippen LogP contribution in [0.5, 0.6) is 11.6 Å². The minimum absolute atomic E-state index is 0.0113. The Kier molecular flexibility index (Phi) is 4.58. The van der Waals surface area contributed by atoms with Crippen molar-refractivity contribution >= 4 is 11.6 Å². The number of ether oxygens (including phenoxy) is 1. The molecule has 0 bridgehead atoms. The van der Waals surface area contributed by atoms with E-state index in [1.807, 2.05) is 12.1 Å². The number of halogens is 1. The van der Waals surface area contributed by atoms with Crippen LogP contribution in [0.1, 0.15) is 5.56 Å². The molecule has 28 heavy (non-hydrogen) atoms. The third kappa shape index (κ3) is 3.35. The summed E-state index contributed by atoms with van der Waals surface area (Å²) in [6, 6.07) is 13.7. The Bertz CT molecular complexity index is 1180. The van der Waals surface area contributed by atoms with Gasteiger partial charge in [0.1, 0.15) is 12.4 Å². The second-order valence-corrected chi connectivity index (χ2v) is 6.37. The molecule has 0 fully saturated rings. The average molecular weight is 399 g/mol. The highest BCUT2D eigenvalue weighted by molar-refractivity contribution is 6.30. The Hall–Kier alpha value is -3.59. The Morgan fingerprint density at radius 2 is 1.89 bits per heavy atom. The number of nitrogens with zero attached hydrogens (tertiary/aromatic N) is 6. The fourth-order valence-electron chi connectivity index (χ4n) is 2.64. The van der Waals surface area contributed by atoms with Gasteiger partial charge in [-0.25, -0.2) is 9.48 Å². The molecule has 0 saturated carbocycles. The zero-order valence-corrected chi connectivity index (χ0v) is 15.5. The molecule has 0 unspecified atom stereocenters. The highest BCUT2D eigenvalue weighted by Crippen LogP contribution is 2.25. The second kappa shape index (κ2) is 7.20. The van der Waals surface area contributed by atoms with Gasteiger partial charge in [-0.3, -0.25) is 0 Å².